The molecule has 7 nitrogen and oxygen atoms in total. The lowest BCUT2D eigenvalue weighted by molar-refractivity contribution is -0.144. The van der Waals surface area contributed by atoms with Gasteiger partial charge in [-0.2, -0.15) is 4.98 Å². The van der Waals surface area contributed by atoms with E-state index in [2.05, 4.69) is 15.1 Å². The minimum Gasteiger partial charge on any atom is -0.374 e. The van der Waals surface area contributed by atoms with Crippen LogP contribution in [0.3, 0.4) is 0 Å². The summed E-state index contributed by atoms with van der Waals surface area (Å²) in [5.41, 5.74) is 0.806. The first kappa shape index (κ1) is 15.3. The topological polar surface area (TPSA) is 81.3 Å². The van der Waals surface area contributed by atoms with Gasteiger partial charge in [-0.3, -0.25) is 9.78 Å². The summed E-state index contributed by atoms with van der Waals surface area (Å²) in [6, 6.07) is 3.95. The van der Waals surface area contributed by atoms with Crippen LogP contribution >= 0.6 is 0 Å². The Labute approximate surface area is 140 Å². The molecule has 2 atom stereocenters. The first-order valence-electron chi connectivity index (χ1n) is 8.45. The van der Waals surface area contributed by atoms with Gasteiger partial charge in [-0.25, -0.2) is 0 Å². The van der Waals surface area contributed by atoms with E-state index in [9.17, 15) is 4.79 Å². The van der Waals surface area contributed by atoms with Crippen LogP contribution in [0.5, 0.6) is 0 Å². The summed E-state index contributed by atoms with van der Waals surface area (Å²) in [6.45, 7) is 1.32. The number of carbonyl (C=O) groups is 1. The molecule has 0 N–H and O–H groups in total. The normalized spacial score (nSPS) is 23.2. The Bertz CT molecular complexity index is 703. The number of hydrogen-bond donors (Lipinski definition) is 0. The zero-order valence-corrected chi connectivity index (χ0v) is 13.4. The van der Waals surface area contributed by atoms with Gasteiger partial charge in [0.1, 0.15) is 0 Å². The van der Waals surface area contributed by atoms with Gasteiger partial charge in [0, 0.05) is 37.3 Å². The molecule has 4 rings (SSSR count). The molecule has 7 heteroatoms. The summed E-state index contributed by atoms with van der Waals surface area (Å²) in [5, 5.41) is 3.96. The largest absolute Gasteiger partial charge is 0.374 e. The molecule has 1 saturated carbocycles. The molecule has 2 unspecified atom stereocenters. The molecule has 3 heterocycles. The lowest BCUT2D eigenvalue weighted by Gasteiger charge is -2.37. The number of nitrogens with zero attached hydrogens (tertiary/aromatic N) is 4. The Morgan fingerprint density at radius 3 is 3.21 bits per heavy atom. The van der Waals surface area contributed by atoms with E-state index in [0.717, 1.165) is 24.8 Å². The molecular formula is C17H20N4O3. The zero-order valence-electron chi connectivity index (χ0n) is 13.4. The minimum atomic E-state index is 0.149. The van der Waals surface area contributed by atoms with Crippen LogP contribution < -0.4 is 0 Å². The van der Waals surface area contributed by atoms with Crippen LogP contribution in [0, 0.1) is 0 Å². The van der Waals surface area contributed by atoms with Crippen molar-refractivity contribution in [1.82, 2.24) is 20.0 Å². The number of aryl methyl sites for hydroxylation is 1. The van der Waals surface area contributed by atoms with Crippen LogP contribution in [0.4, 0.5) is 0 Å². The van der Waals surface area contributed by atoms with E-state index in [-0.39, 0.29) is 18.1 Å². The average molecular weight is 328 g/mol. The molecule has 1 saturated heterocycles. The van der Waals surface area contributed by atoms with Crippen molar-refractivity contribution in [2.24, 2.45) is 0 Å². The Morgan fingerprint density at radius 1 is 1.38 bits per heavy atom. The fourth-order valence-corrected chi connectivity index (χ4v) is 3.56. The van der Waals surface area contributed by atoms with Crippen LogP contribution in [0.15, 0.2) is 29.0 Å². The second kappa shape index (κ2) is 6.68. The number of carbonyl (C=O) groups excluding carboxylic acids is 1. The summed E-state index contributed by atoms with van der Waals surface area (Å²) < 4.78 is 11.0. The van der Waals surface area contributed by atoms with Crippen molar-refractivity contribution in [2.75, 3.05) is 13.2 Å². The fraction of sp³-hybridized carbons (Fsp3) is 0.529. The standard InChI is InChI=1S/C17H20N4O3/c22-16(21-9-10-23-14-5-1-4-13(14)21)7-6-15-19-17(20-24-15)12-3-2-8-18-11-12/h2-3,8,11,13-14H,1,4-7,9-10H2. The highest BCUT2D eigenvalue weighted by atomic mass is 16.5. The van der Waals surface area contributed by atoms with Crippen molar-refractivity contribution in [3.05, 3.63) is 30.4 Å². The molecule has 1 aliphatic carbocycles. The molecule has 0 aromatic carbocycles. The third kappa shape index (κ3) is 3.03. The molecular weight excluding hydrogens is 308 g/mol. The van der Waals surface area contributed by atoms with Gasteiger partial charge in [-0.1, -0.05) is 5.16 Å². The van der Waals surface area contributed by atoms with Gasteiger partial charge in [-0.15, -0.1) is 0 Å². The van der Waals surface area contributed by atoms with Gasteiger partial charge in [-0.05, 0) is 31.4 Å². The van der Waals surface area contributed by atoms with Crippen molar-refractivity contribution in [3.63, 3.8) is 0 Å². The van der Waals surface area contributed by atoms with Gasteiger partial charge >= 0.3 is 0 Å². The number of fused-ring (bicyclic) bond motifs is 1. The number of rotatable bonds is 4. The van der Waals surface area contributed by atoms with Crippen LogP contribution in [0.25, 0.3) is 11.4 Å². The molecule has 0 spiro atoms. The molecule has 2 fully saturated rings. The van der Waals surface area contributed by atoms with Gasteiger partial charge in [0.2, 0.25) is 17.6 Å². The number of pyridine rings is 1. The van der Waals surface area contributed by atoms with Crippen molar-refractivity contribution in [2.45, 2.75) is 44.2 Å². The van der Waals surface area contributed by atoms with Crippen molar-refractivity contribution in [3.8, 4) is 11.4 Å². The molecule has 24 heavy (non-hydrogen) atoms. The van der Waals surface area contributed by atoms with Gasteiger partial charge in [0.05, 0.1) is 18.8 Å². The SMILES string of the molecule is O=C(CCc1nc(-c2cccnc2)no1)N1CCOC2CCCC21. The molecule has 0 bridgehead atoms. The number of hydrogen-bond acceptors (Lipinski definition) is 6. The molecule has 1 amide bonds. The van der Waals surface area contributed by atoms with E-state index < -0.39 is 0 Å². The second-order valence-electron chi connectivity index (χ2n) is 6.25. The maximum Gasteiger partial charge on any atom is 0.227 e. The van der Waals surface area contributed by atoms with E-state index in [0.29, 0.717) is 37.7 Å². The smallest absolute Gasteiger partial charge is 0.227 e. The first-order valence-corrected chi connectivity index (χ1v) is 8.45. The summed E-state index contributed by atoms with van der Waals surface area (Å²) in [5.74, 6) is 1.14. The highest BCUT2D eigenvalue weighted by molar-refractivity contribution is 5.77. The van der Waals surface area contributed by atoms with E-state index in [1.54, 1.807) is 12.4 Å². The molecule has 0 radical (unpaired) electrons. The van der Waals surface area contributed by atoms with Gasteiger partial charge in [0.15, 0.2) is 0 Å². The minimum absolute atomic E-state index is 0.149. The number of amides is 1. The van der Waals surface area contributed by atoms with Gasteiger partial charge < -0.3 is 14.2 Å². The zero-order chi connectivity index (χ0) is 16.4. The maximum absolute atomic E-state index is 12.6. The molecule has 2 aliphatic rings. The summed E-state index contributed by atoms with van der Waals surface area (Å²) in [7, 11) is 0. The second-order valence-corrected chi connectivity index (χ2v) is 6.25. The highest BCUT2D eigenvalue weighted by Crippen LogP contribution is 2.30. The fourth-order valence-electron chi connectivity index (χ4n) is 3.56. The summed E-state index contributed by atoms with van der Waals surface area (Å²) in [6.07, 6.45) is 7.70. The van der Waals surface area contributed by atoms with Crippen LogP contribution in [-0.4, -0.2) is 51.2 Å². The van der Waals surface area contributed by atoms with E-state index >= 15 is 0 Å². The van der Waals surface area contributed by atoms with Gasteiger partial charge in [0.25, 0.3) is 0 Å². The predicted octanol–water partition coefficient (Wildman–Crippen LogP) is 1.84. The molecule has 1 aliphatic heterocycles. The van der Waals surface area contributed by atoms with Crippen LogP contribution in [0.2, 0.25) is 0 Å². The lowest BCUT2D eigenvalue weighted by Crippen LogP contribution is -2.51. The van der Waals surface area contributed by atoms with E-state index in [1.807, 2.05) is 17.0 Å². The summed E-state index contributed by atoms with van der Waals surface area (Å²) >= 11 is 0. The van der Waals surface area contributed by atoms with E-state index in [1.165, 1.54) is 0 Å². The molecule has 2 aromatic heterocycles. The lowest BCUT2D eigenvalue weighted by atomic mass is 10.1. The molecule has 126 valence electrons. The van der Waals surface area contributed by atoms with Crippen molar-refractivity contribution < 1.29 is 14.1 Å². The van der Waals surface area contributed by atoms with Crippen molar-refractivity contribution >= 4 is 5.91 Å². The number of aromatic nitrogens is 3. The summed E-state index contributed by atoms with van der Waals surface area (Å²) in [4.78, 5) is 22.9. The average Bonchev–Trinajstić information content (AvgIpc) is 3.29. The third-order valence-corrected chi connectivity index (χ3v) is 4.74. The maximum atomic E-state index is 12.6. The number of morpholine rings is 1. The van der Waals surface area contributed by atoms with Crippen LogP contribution in [-0.2, 0) is 16.0 Å². The number of ether oxygens (including phenoxy) is 1. The highest BCUT2D eigenvalue weighted by Gasteiger charge is 2.38. The van der Waals surface area contributed by atoms with Crippen molar-refractivity contribution in [1.29, 1.82) is 0 Å². The molecule has 2 aromatic rings. The van der Waals surface area contributed by atoms with E-state index in [4.69, 9.17) is 9.26 Å². The Hall–Kier alpha value is -2.28. The third-order valence-electron chi connectivity index (χ3n) is 4.74. The van der Waals surface area contributed by atoms with Crippen LogP contribution in [0.1, 0.15) is 31.6 Å². The Kier molecular flexibility index (Phi) is 4.25. The Balaban J connectivity index is 1.37. The quantitative estimate of drug-likeness (QED) is 0.852. The monoisotopic (exact) mass is 328 g/mol. The predicted molar refractivity (Wildman–Crippen MR) is 84.9 cm³/mol. The Morgan fingerprint density at radius 2 is 2.33 bits per heavy atom. The first-order chi connectivity index (χ1) is 11.8.